The summed E-state index contributed by atoms with van der Waals surface area (Å²) in [5, 5.41) is 5.66. The van der Waals surface area contributed by atoms with Crippen molar-refractivity contribution in [3.8, 4) is 0 Å². The van der Waals surface area contributed by atoms with E-state index in [2.05, 4.69) is 117 Å². The fourth-order valence-electron chi connectivity index (χ4n) is 9.71. The molecule has 0 spiro atoms. The van der Waals surface area contributed by atoms with Crippen LogP contribution in [0.4, 0.5) is 16.2 Å². The van der Waals surface area contributed by atoms with Crippen LogP contribution in [0.5, 0.6) is 0 Å². The van der Waals surface area contributed by atoms with E-state index in [0.717, 1.165) is 47.1 Å². The van der Waals surface area contributed by atoms with Crippen molar-refractivity contribution in [1.82, 2.24) is 20.0 Å². The molecule has 2 N–H and O–H groups in total. The lowest BCUT2D eigenvalue weighted by Gasteiger charge is -2.34. The number of carbonyl (C=O) groups excluding carboxylic acids is 5. The number of anilines is 2. The summed E-state index contributed by atoms with van der Waals surface area (Å²) in [4.78, 5) is 76.0. The predicted molar refractivity (Wildman–Crippen MR) is 274 cm³/mol. The molecule has 2 aliphatic heterocycles. The van der Waals surface area contributed by atoms with Crippen molar-refractivity contribution in [2.24, 2.45) is 5.92 Å². The van der Waals surface area contributed by atoms with Gasteiger partial charge in [-0.1, -0.05) is 140 Å². The van der Waals surface area contributed by atoms with E-state index in [0.29, 0.717) is 44.3 Å². The fraction of sp³-hybridized carbons (Fsp3) is 0.473. The summed E-state index contributed by atoms with van der Waals surface area (Å²) in [6.07, 6.45) is 1.48. The maximum Gasteiger partial charge on any atom is 0.407 e. The first-order chi connectivity index (χ1) is 32.3. The van der Waals surface area contributed by atoms with Crippen LogP contribution in [0.3, 0.4) is 0 Å². The van der Waals surface area contributed by atoms with Gasteiger partial charge in [0, 0.05) is 43.6 Å². The molecular weight excluding hydrogens is 869 g/mol. The van der Waals surface area contributed by atoms with Crippen molar-refractivity contribution in [2.45, 2.75) is 130 Å². The van der Waals surface area contributed by atoms with Crippen molar-refractivity contribution in [3.63, 3.8) is 0 Å². The summed E-state index contributed by atoms with van der Waals surface area (Å²) in [5.74, 6) is -0.629. The summed E-state index contributed by atoms with van der Waals surface area (Å²) >= 11 is 0. The number of nitrogens with zero attached hydrogens (tertiary/aromatic N) is 4. The number of carbonyl (C=O) groups is 5. The molecule has 0 saturated carbocycles. The van der Waals surface area contributed by atoms with Gasteiger partial charge in [-0.25, -0.2) is 4.79 Å². The smallest absolute Gasteiger partial charge is 0.407 e. The van der Waals surface area contributed by atoms with Gasteiger partial charge in [-0.2, -0.15) is 0 Å². The number of likely N-dealkylation sites (tertiary alicyclic amines) is 1. The third-order valence-electron chi connectivity index (χ3n) is 13.6. The van der Waals surface area contributed by atoms with Crippen molar-refractivity contribution < 1.29 is 28.7 Å². The molecule has 4 aromatic carbocycles. The van der Waals surface area contributed by atoms with E-state index in [1.165, 1.54) is 12.7 Å². The molecule has 0 radical (unpaired) electrons. The number of ether oxygens (including phenoxy) is 1. The van der Waals surface area contributed by atoms with Gasteiger partial charge in [-0.3, -0.25) is 24.1 Å². The van der Waals surface area contributed by atoms with Gasteiger partial charge in [-0.15, -0.1) is 0 Å². The van der Waals surface area contributed by atoms with Crippen LogP contribution in [0, 0.1) is 5.92 Å². The zero-order valence-electron chi connectivity index (χ0n) is 42.0. The second-order valence-corrected chi connectivity index (χ2v) is 25.8. The van der Waals surface area contributed by atoms with E-state index in [1.807, 2.05) is 73.3 Å². The first-order valence-electron chi connectivity index (χ1n) is 24.4. The first kappa shape index (κ1) is 51.6. The Bertz CT molecular complexity index is 2350. The summed E-state index contributed by atoms with van der Waals surface area (Å²) in [6, 6.07) is 33.3. The Morgan fingerprint density at radius 1 is 0.765 bits per heavy atom. The standard InChI is InChI=1S/C55H74N6O6Si/c1-11-58(12-2)50(42-17-14-13-15-18-42)53(65)61-37-68(9,10)36-47(61)48(62)33-39-20-22-40(23-21-39)34-59(45-30-26-43(27-31-45)55(5,6)7)35-41-24-28-44(29-25-41)56-51(63)46-19-16-32-60(46)52(64)49(38(3)4)57-54(66)67-8/h13-15,17-18,20-31,38,46-47,49-50H,11-12,16,19,32-37H2,1-10H3,(H,56,63)(H,57,66)/t46-,47-,49-,50+/m0/s1. The lowest BCUT2D eigenvalue weighted by atomic mass is 9.87. The topological polar surface area (TPSA) is 132 Å². The Kier molecular flexibility index (Phi) is 17.1. The number of hydrogen-bond acceptors (Lipinski definition) is 8. The molecule has 4 atom stereocenters. The van der Waals surface area contributed by atoms with Crippen LogP contribution < -0.4 is 15.5 Å². The highest BCUT2D eigenvalue weighted by Crippen LogP contribution is 2.34. The molecule has 2 heterocycles. The molecule has 12 nitrogen and oxygen atoms in total. The second kappa shape index (κ2) is 22.5. The van der Waals surface area contributed by atoms with Crippen LogP contribution in [0.1, 0.15) is 95.2 Å². The van der Waals surface area contributed by atoms with Crippen LogP contribution in [-0.2, 0) is 48.8 Å². The van der Waals surface area contributed by atoms with E-state index in [-0.39, 0.29) is 41.3 Å². The second-order valence-electron chi connectivity index (χ2n) is 20.7. The lowest BCUT2D eigenvalue weighted by molar-refractivity contribution is -0.141. The summed E-state index contributed by atoms with van der Waals surface area (Å²) in [5.41, 5.74) is 6.99. The van der Waals surface area contributed by atoms with Gasteiger partial charge in [0.1, 0.15) is 18.1 Å². The molecule has 2 fully saturated rings. The minimum Gasteiger partial charge on any atom is -0.453 e. The number of Topliss-reactive ketones (excluding diaryl/α,β-unsaturated/α-hetero) is 1. The Labute approximate surface area is 405 Å². The molecule has 4 aromatic rings. The molecule has 0 aromatic heterocycles. The fourth-order valence-corrected chi connectivity index (χ4v) is 12.6. The Morgan fingerprint density at radius 2 is 1.35 bits per heavy atom. The molecule has 13 heteroatoms. The summed E-state index contributed by atoms with van der Waals surface area (Å²) in [6.45, 7) is 22.2. The number of likely N-dealkylation sites (N-methyl/N-ethyl adjacent to an activating group) is 1. The van der Waals surface area contributed by atoms with Gasteiger partial charge in [-0.05, 0) is 95.4 Å². The van der Waals surface area contributed by atoms with Crippen molar-refractivity contribution in [2.75, 3.05) is 43.1 Å². The SMILES string of the molecule is CCN(CC)[C@@H](C(=O)N1C[Si](C)(C)C[C@H]1C(=O)Cc1ccc(CN(Cc2ccc(NC(=O)[C@@H]3CCCN3C(=O)[C@@H](NC(=O)OC)C(C)C)cc2)c2ccc(C(C)(C)C)cc2)cc1)c1ccccc1. The van der Waals surface area contributed by atoms with Gasteiger partial charge < -0.3 is 30.1 Å². The van der Waals surface area contributed by atoms with E-state index >= 15 is 0 Å². The number of ketones is 1. The minimum absolute atomic E-state index is 0.00547. The van der Waals surface area contributed by atoms with Crippen LogP contribution >= 0.6 is 0 Å². The molecule has 6 rings (SSSR count). The number of hydrogen-bond donors (Lipinski definition) is 2. The van der Waals surface area contributed by atoms with E-state index in [9.17, 15) is 24.0 Å². The Balaban J connectivity index is 1.15. The van der Waals surface area contributed by atoms with Gasteiger partial charge in [0.2, 0.25) is 17.7 Å². The van der Waals surface area contributed by atoms with Crippen molar-refractivity contribution >= 4 is 49.0 Å². The average molecular weight is 943 g/mol. The number of benzene rings is 4. The Hall–Kier alpha value is -5.79. The quantitative estimate of drug-likeness (QED) is 0.0946. The van der Waals surface area contributed by atoms with Crippen LogP contribution in [0.15, 0.2) is 103 Å². The van der Waals surface area contributed by atoms with Gasteiger partial charge in [0.15, 0.2) is 5.78 Å². The molecule has 68 heavy (non-hydrogen) atoms. The zero-order valence-corrected chi connectivity index (χ0v) is 43.0. The highest BCUT2D eigenvalue weighted by Gasteiger charge is 2.47. The van der Waals surface area contributed by atoms with Gasteiger partial charge >= 0.3 is 6.09 Å². The molecule has 364 valence electrons. The maximum atomic E-state index is 14.5. The Morgan fingerprint density at radius 3 is 1.91 bits per heavy atom. The predicted octanol–water partition coefficient (Wildman–Crippen LogP) is 9.15. The van der Waals surface area contributed by atoms with Gasteiger partial charge in [0.25, 0.3) is 0 Å². The maximum absolute atomic E-state index is 14.5. The molecular formula is C55H74N6O6Si. The monoisotopic (exact) mass is 943 g/mol. The van der Waals surface area contributed by atoms with E-state index in [1.54, 1.807) is 4.90 Å². The highest BCUT2D eigenvalue weighted by atomic mass is 28.3. The van der Waals surface area contributed by atoms with Gasteiger partial charge in [0.05, 0.1) is 21.2 Å². The minimum atomic E-state index is -1.84. The van der Waals surface area contributed by atoms with E-state index < -0.39 is 38.3 Å². The molecule has 0 aliphatic carbocycles. The molecule has 2 saturated heterocycles. The summed E-state index contributed by atoms with van der Waals surface area (Å²) in [7, 11) is -0.579. The molecule has 2 aliphatic rings. The van der Waals surface area contributed by atoms with Crippen LogP contribution in [0.2, 0.25) is 19.1 Å². The third kappa shape index (κ3) is 12.8. The van der Waals surface area contributed by atoms with Crippen LogP contribution in [-0.4, -0.2) is 103 Å². The first-order valence-corrected chi connectivity index (χ1v) is 27.8. The molecule has 4 amide bonds. The zero-order chi connectivity index (χ0) is 49.3. The largest absolute Gasteiger partial charge is 0.453 e. The molecule has 0 bridgehead atoms. The average Bonchev–Trinajstić information content (AvgIpc) is 3.95. The number of methoxy groups -OCH3 is 1. The lowest BCUT2D eigenvalue weighted by Crippen LogP contribution is -2.54. The number of alkyl carbamates (subject to hydrolysis) is 1. The number of amides is 4. The van der Waals surface area contributed by atoms with Crippen LogP contribution in [0.25, 0.3) is 0 Å². The van der Waals surface area contributed by atoms with Crippen molar-refractivity contribution in [1.29, 1.82) is 0 Å². The normalized spacial score (nSPS) is 17.8. The molecule has 0 unspecified atom stereocenters. The number of rotatable bonds is 18. The highest BCUT2D eigenvalue weighted by molar-refractivity contribution is 6.79. The van der Waals surface area contributed by atoms with Crippen molar-refractivity contribution in [3.05, 3.63) is 131 Å². The number of nitrogens with one attached hydrogen (secondary N) is 2. The third-order valence-corrected chi connectivity index (χ3v) is 16.3. The van der Waals surface area contributed by atoms with E-state index in [4.69, 9.17) is 4.74 Å². The summed E-state index contributed by atoms with van der Waals surface area (Å²) < 4.78 is 4.75.